The molecule has 0 saturated heterocycles. The Kier molecular flexibility index (Phi) is 4.40. The van der Waals surface area contributed by atoms with Gasteiger partial charge in [-0.2, -0.15) is 13.2 Å². The van der Waals surface area contributed by atoms with Crippen molar-refractivity contribution in [1.29, 1.82) is 0 Å². The second-order valence-corrected chi connectivity index (χ2v) is 3.75. The van der Waals surface area contributed by atoms with E-state index in [1.54, 1.807) is 6.92 Å². The number of ketones is 1. The van der Waals surface area contributed by atoms with Gasteiger partial charge in [-0.3, -0.25) is 4.79 Å². The number of Topliss-reactive ketones (excluding diaryl/α,β-unsaturated/α-hetero) is 1. The molecule has 0 aliphatic rings. The standard InChI is InChI=1S/C11H10ClF3O2/c1-2-5-17-9-4-3-7(12)6-8(9)10(16)11(13,14)15/h3-4,6H,2,5H2,1H3. The highest BCUT2D eigenvalue weighted by molar-refractivity contribution is 6.31. The molecule has 1 aromatic carbocycles. The maximum atomic E-state index is 12.3. The van der Waals surface area contributed by atoms with Crippen LogP contribution in [0.2, 0.25) is 5.02 Å². The predicted octanol–water partition coefficient (Wildman–Crippen LogP) is 3.87. The number of hydrogen-bond donors (Lipinski definition) is 0. The number of alkyl halides is 3. The molecule has 6 heteroatoms. The number of carbonyl (C=O) groups excluding carboxylic acids is 1. The third-order valence-electron chi connectivity index (χ3n) is 1.91. The van der Waals surface area contributed by atoms with Gasteiger partial charge in [0.2, 0.25) is 0 Å². The van der Waals surface area contributed by atoms with E-state index in [0.29, 0.717) is 6.42 Å². The van der Waals surface area contributed by atoms with Crippen LogP contribution >= 0.6 is 11.6 Å². The van der Waals surface area contributed by atoms with E-state index in [-0.39, 0.29) is 17.4 Å². The summed E-state index contributed by atoms with van der Waals surface area (Å²) in [5.74, 6) is -2.05. The Bertz CT molecular complexity index is 416. The molecule has 0 amide bonds. The van der Waals surface area contributed by atoms with Crippen molar-refractivity contribution in [3.05, 3.63) is 28.8 Å². The Morgan fingerprint density at radius 1 is 1.41 bits per heavy atom. The number of ether oxygens (including phenoxy) is 1. The van der Waals surface area contributed by atoms with Gasteiger partial charge in [0.25, 0.3) is 5.78 Å². The highest BCUT2D eigenvalue weighted by Gasteiger charge is 2.40. The lowest BCUT2D eigenvalue weighted by Crippen LogP contribution is -2.23. The summed E-state index contributed by atoms with van der Waals surface area (Å²) in [7, 11) is 0. The van der Waals surface area contributed by atoms with Gasteiger partial charge >= 0.3 is 6.18 Å². The third-order valence-corrected chi connectivity index (χ3v) is 2.14. The average Bonchev–Trinajstić information content (AvgIpc) is 2.25. The summed E-state index contributed by atoms with van der Waals surface area (Å²) in [6.07, 6.45) is -4.31. The molecule has 0 saturated carbocycles. The fraction of sp³-hybridized carbons (Fsp3) is 0.364. The molecule has 0 aliphatic carbocycles. The average molecular weight is 267 g/mol. The molecule has 0 N–H and O–H groups in total. The molecular weight excluding hydrogens is 257 g/mol. The second-order valence-electron chi connectivity index (χ2n) is 3.32. The molecule has 0 heterocycles. The molecule has 0 bridgehead atoms. The minimum absolute atomic E-state index is 0.0569. The lowest BCUT2D eigenvalue weighted by molar-refractivity contribution is -0.0886. The van der Waals surface area contributed by atoms with Gasteiger partial charge in [-0.25, -0.2) is 0 Å². The molecule has 0 radical (unpaired) electrons. The zero-order valence-corrected chi connectivity index (χ0v) is 9.73. The zero-order chi connectivity index (χ0) is 13.1. The summed E-state index contributed by atoms with van der Waals surface area (Å²) in [6, 6.07) is 3.60. The Morgan fingerprint density at radius 3 is 2.59 bits per heavy atom. The van der Waals surface area contributed by atoms with E-state index in [1.807, 2.05) is 0 Å². The molecule has 2 nitrogen and oxygen atoms in total. The van der Waals surface area contributed by atoms with Crippen LogP contribution in [-0.4, -0.2) is 18.6 Å². The normalized spacial score (nSPS) is 11.4. The minimum atomic E-state index is -4.94. The van der Waals surface area contributed by atoms with Crippen molar-refractivity contribution < 1.29 is 22.7 Å². The Labute approximate surface area is 101 Å². The Balaban J connectivity index is 3.11. The van der Waals surface area contributed by atoms with Gasteiger partial charge in [-0.05, 0) is 24.6 Å². The van der Waals surface area contributed by atoms with Crippen LogP contribution in [0, 0.1) is 0 Å². The predicted molar refractivity (Wildman–Crippen MR) is 57.6 cm³/mol. The SMILES string of the molecule is CCCOc1ccc(Cl)cc1C(=O)C(F)(F)F. The molecule has 0 unspecified atom stereocenters. The van der Waals surface area contributed by atoms with E-state index in [4.69, 9.17) is 16.3 Å². The summed E-state index contributed by atoms with van der Waals surface area (Å²) in [4.78, 5) is 11.1. The Morgan fingerprint density at radius 2 is 2.06 bits per heavy atom. The molecule has 17 heavy (non-hydrogen) atoms. The number of carbonyl (C=O) groups is 1. The summed E-state index contributed by atoms with van der Waals surface area (Å²) in [6.45, 7) is 2.04. The number of halogens is 4. The van der Waals surface area contributed by atoms with E-state index in [1.165, 1.54) is 12.1 Å². The van der Waals surface area contributed by atoms with Gasteiger partial charge in [-0.1, -0.05) is 18.5 Å². The monoisotopic (exact) mass is 266 g/mol. The second kappa shape index (κ2) is 5.40. The highest BCUT2D eigenvalue weighted by atomic mass is 35.5. The van der Waals surface area contributed by atoms with Crippen LogP contribution < -0.4 is 4.74 Å². The fourth-order valence-electron chi connectivity index (χ4n) is 1.17. The van der Waals surface area contributed by atoms with Crippen molar-refractivity contribution in [1.82, 2.24) is 0 Å². The van der Waals surface area contributed by atoms with E-state index in [0.717, 1.165) is 6.07 Å². The summed E-state index contributed by atoms with van der Waals surface area (Å²) in [5, 5.41) is 0.0569. The number of benzene rings is 1. The summed E-state index contributed by atoms with van der Waals surface area (Å²) >= 11 is 5.57. The molecule has 0 aliphatic heterocycles. The van der Waals surface area contributed by atoms with Crippen molar-refractivity contribution >= 4 is 17.4 Å². The van der Waals surface area contributed by atoms with E-state index >= 15 is 0 Å². The maximum Gasteiger partial charge on any atom is 0.455 e. The van der Waals surface area contributed by atoms with Gasteiger partial charge < -0.3 is 4.74 Å². The molecule has 0 spiro atoms. The topological polar surface area (TPSA) is 26.3 Å². The summed E-state index contributed by atoms with van der Waals surface area (Å²) < 4.78 is 42.0. The van der Waals surface area contributed by atoms with Crippen molar-refractivity contribution in [3.8, 4) is 5.75 Å². The molecular formula is C11H10ClF3O2. The van der Waals surface area contributed by atoms with Gasteiger partial charge in [0, 0.05) is 5.02 Å². The highest BCUT2D eigenvalue weighted by Crippen LogP contribution is 2.30. The molecule has 0 fully saturated rings. The lowest BCUT2D eigenvalue weighted by atomic mass is 10.1. The Hall–Kier alpha value is -1.23. The third kappa shape index (κ3) is 3.63. The molecule has 1 rings (SSSR count). The van der Waals surface area contributed by atoms with Crippen LogP contribution in [-0.2, 0) is 0 Å². The quantitative estimate of drug-likeness (QED) is 0.773. The van der Waals surface area contributed by atoms with Crippen LogP contribution in [0.25, 0.3) is 0 Å². The van der Waals surface area contributed by atoms with E-state index in [2.05, 4.69) is 0 Å². The molecule has 94 valence electrons. The van der Waals surface area contributed by atoms with Crippen molar-refractivity contribution in [2.24, 2.45) is 0 Å². The van der Waals surface area contributed by atoms with Crippen LogP contribution in [0.15, 0.2) is 18.2 Å². The summed E-state index contributed by atoms with van der Waals surface area (Å²) in [5.41, 5.74) is -0.557. The van der Waals surface area contributed by atoms with Gasteiger partial charge in [0.05, 0.1) is 12.2 Å². The van der Waals surface area contributed by atoms with Crippen LogP contribution in [0.1, 0.15) is 23.7 Å². The first-order valence-electron chi connectivity index (χ1n) is 4.90. The van der Waals surface area contributed by atoms with Gasteiger partial charge in [-0.15, -0.1) is 0 Å². The van der Waals surface area contributed by atoms with E-state index < -0.39 is 17.5 Å². The van der Waals surface area contributed by atoms with Gasteiger partial charge in [0.15, 0.2) is 0 Å². The largest absolute Gasteiger partial charge is 0.493 e. The lowest BCUT2D eigenvalue weighted by Gasteiger charge is -2.12. The first-order valence-corrected chi connectivity index (χ1v) is 5.28. The first-order chi connectivity index (χ1) is 7.86. The number of hydrogen-bond acceptors (Lipinski definition) is 2. The number of rotatable bonds is 4. The van der Waals surface area contributed by atoms with Crippen LogP contribution in [0.4, 0.5) is 13.2 Å². The smallest absolute Gasteiger partial charge is 0.455 e. The first kappa shape index (κ1) is 13.8. The van der Waals surface area contributed by atoms with Gasteiger partial charge in [0.1, 0.15) is 5.75 Å². The fourth-order valence-corrected chi connectivity index (χ4v) is 1.34. The van der Waals surface area contributed by atoms with Crippen molar-refractivity contribution in [2.75, 3.05) is 6.61 Å². The van der Waals surface area contributed by atoms with Crippen molar-refractivity contribution in [2.45, 2.75) is 19.5 Å². The molecule has 1 aromatic rings. The molecule has 0 atom stereocenters. The molecule has 0 aromatic heterocycles. The van der Waals surface area contributed by atoms with Crippen LogP contribution in [0.3, 0.4) is 0 Å². The minimum Gasteiger partial charge on any atom is -0.493 e. The van der Waals surface area contributed by atoms with Crippen molar-refractivity contribution in [3.63, 3.8) is 0 Å². The zero-order valence-electron chi connectivity index (χ0n) is 8.97. The van der Waals surface area contributed by atoms with E-state index in [9.17, 15) is 18.0 Å². The maximum absolute atomic E-state index is 12.3. The van der Waals surface area contributed by atoms with Crippen LogP contribution in [0.5, 0.6) is 5.75 Å².